The van der Waals surface area contributed by atoms with Crippen LogP contribution in [0.3, 0.4) is 0 Å². The number of hydrogen-bond acceptors (Lipinski definition) is 7. The lowest BCUT2D eigenvalue weighted by molar-refractivity contribution is -0.929. The van der Waals surface area contributed by atoms with Crippen molar-refractivity contribution < 1.29 is 36.5 Å². The van der Waals surface area contributed by atoms with Gasteiger partial charge in [0.1, 0.15) is 0 Å². The van der Waals surface area contributed by atoms with Crippen LogP contribution in [0.25, 0.3) is 0 Å². The van der Waals surface area contributed by atoms with Gasteiger partial charge < -0.3 is 18.5 Å². The third-order valence-electron chi connectivity index (χ3n) is 5.97. The number of hydrogen-bond donors (Lipinski definition) is 0. The van der Waals surface area contributed by atoms with Crippen molar-refractivity contribution in [3.05, 3.63) is 0 Å². The molecule has 2 atom stereocenters. The molecule has 0 radical (unpaired) electrons. The Morgan fingerprint density at radius 1 is 0.909 bits per heavy atom. The topological polar surface area (TPSA) is 113 Å². The number of methoxy groups -OCH3 is 1. The van der Waals surface area contributed by atoms with Gasteiger partial charge in [0.2, 0.25) is 0 Å². The fraction of sp³-hybridized carbons (Fsp3) is 0.913. The van der Waals surface area contributed by atoms with E-state index in [1.807, 2.05) is 0 Å². The zero-order valence-electron chi connectivity index (χ0n) is 21.5. The van der Waals surface area contributed by atoms with Crippen LogP contribution in [0.5, 0.6) is 0 Å². The van der Waals surface area contributed by atoms with Gasteiger partial charge in [0.25, 0.3) is 5.91 Å². The summed E-state index contributed by atoms with van der Waals surface area (Å²) in [6.07, 6.45) is 9.79. The molecule has 9 nitrogen and oxygen atoms in total. The molecule has 0 N–H and O–H groups in total. The Morgan fingerprint density at radius 3 is 1.58 bits per heavy atom. The number of ether oxygens (including phenoxy) is 2. The molecule has 1 aliphatic rings. The molecule has 1 amide bonds. The smallest absolute Gasteiger partial charge is 0.333 e. The Balaban J connectivity index is 0.000000621. The highest BCUT2D eigenvalue weighted by Gasteiger charge is 2.56. The summed E-state index contributed by atoms with van der Waals surface area (Å²) in [7, 11) is -3.89. The maximum Gasteiger partial charge on any atom is 0.333 e. The molecule has 10 heteroatoms. The van der Waals surface area contributed by atoms with E-state index < -0.39 is 34.3 Å². The van der Waals surface area contributed by atoms with E-state index in [-0.39, 0.29) is 10.9 Å². The van der Waals surface area contributed by atoms with Crippen LogP contribution in [0.4, 0.5) is 0 Å². The minimum Gasteiger partial charge on any atom is -0.731 e. The highest BCUT2D eigenvalue weighted by atomic mass is 32.2. The fourth-order valence-corrected chi connectivity index (χ4v) is 4.81. The first-order valence-electron chi connectivity index (χ1n) is 12.4. The first-order valence-corrected chi connectivity index (χ1v) is 13.8. The van der Waals surface area contributed by atoms with Gasteiger partial charge in [-0.25, -0.2) is 17.5 Å². The van der Waals surface area contributed by atoms with Crippen molar-refractivity contribution in [2.75, 3.05) is 39.9 Å². The third-order valence-corrected chi connectivity index (χ3v) is 6.86. The van der Waals surface area contributed by atoms with Crippen LogP contribution in [0.15, 0.2) is 0 Å². The Morgan fingerprint density at radius 2 is 1.30 bits per heavy atom. The lowest BCUT2D eigenvalue weighted by Crippen LogP contribution is -2.70. The molecule has 1 fully saturated rings. The lowest BCUT2D eigenvalue weighted by atomic mass is 10.0. The zero-order chi connectivity index (χ0) is 25.5. The number of amides is 1. The Labute approximate surface area is 201 Å². The fourth-order valence-electron chi connectivity index (χ4n) is 4.01. The van der Waals surface area contributed by atoms with Gasteiger partial charge in [0.15, 0.2) is 22.4 Å². The van der Waals surface area contributed by atoms with E-state index in [0.717, 1.165) is 7.11 Å². The van der Waals surface area contributed by atoms with Gasteiger partial charge in [-0.3, -0.25) is 4.79 Å². The molecule has 1 aliphatic heterocycles. The second-order valence-corrected chi connectivity index (χ2v) is 9.84. The number of unbranched alkanes of at least 4 members (excludes halogenated alkanes) is 4. The van der Waals surface area contributed by atoms with Crippen LogP contribution in [0.1, 0.15) is 86.0 Å². The zero-order valence-corrected chi connectivity index (χ0v) is 22.3. The van der Waals surface area contributed by atoms with Gasteiger partial charge in [0, 0.05) is 7.11 Å². The molecule has 1 saturated heterocycles. The first kappa shape index (κ1) is 31.8. The summed E-state index contributed by atoms with van der Waals surface area (Å²) in [6.45, 7) is 16.5. The van der Waals surface area contributed by atoms with Crippen molar-refractivity contribution in [2.45, 2.75) is 98.1 Å². The monoisotopic (exact) mass is 494 g/mol. The number of β-lactam (4-membered cyclic amide) rings is 1. The molecule has 0 spiro atoms. The number of carbonyl (C=O) groups is 2. The number of carbonyl (C=O) groups excluding carboxylic acids is 2. The average Bonchev–Trinajstić information content (AvgIpc) is 2.76. The van der Waals surface area contributed by atoms with E-state index >= 15 is 0 Å². The third kappa shape index (κ3) is 10.3. The van der Waals surface area contributed by atoms with E-state index in [2.05, 4.69) is 37.2 Å². The molecule has 0 saturated carbocycles. The summed E-state index contributed by atoms with van der Waals surface area (Å²) in [5, 5.41) is 0. The second-order valence-electron chi connectivity index (χ2n) is 8.60. The van der Waals surface area contributed by atoms with E-state index in [0.29, 0.717) is 0 Å². The lowest BCUT2D eigenvalue weighted by Gasteiger charge is -2.44. The number of esters is 1. The molecule has 0 aromatic carbocycles. The summed E-state index contributed by atoms with van der Waals surface area (Å²) >= 11 is 0. The van der Waals surface area contributed by atoms with Gasteiger partial charge in [-0.05, 0) is 32.6 Å². The minimum atomic E-state index is -5.02. The van der Waals surface area contributed by atoms with Crippen molar-refractivity contribution >= 4 is 22.2 Å². The molecule has 0 bridgehead atoms. The van der Waals surface area contributed by atoms with Gasteiger partial charge in [0.05, 0.1) is 32.8 Å². The Hall–Kier alpha value is -1.23. The standard InChI is InChI=1S/C16H36N.C7H11NO7S/c1-5-9-13-17(14-10-6-2,15-11-7-3)16-12-8-4;1-3-15-7(10)4-5(14-2)6(9)8(4)16(11,12)13/h5-16H2,1-4H3;4-5H,3H2,1-2H3,(H,11,12,13)/q+1;/p-1. The van der Waals surface area contributed by atoms with E-state index in [9.17, 15) is 22.6 Å². The number of quaternary nitrogens is 1. The molecular weight excluding hydrogens is 448 g/mol. The maximum absolute atomic E-state index is 11.3. The van der Waals surface area contributed by atoms with Crippen LogP contribution in [-0.4, -0.2) is 85.7 Å². The largest absolute Gasteiger partial charge is 0.731 e. The Bertz CT molecular complexity index is 632. The first-order chi connectivity index (χ1) is 15.6. The quantitative estimate of drug-likeness (QED) is 0.140. The molecule has 1 heterocycles. The van der Waals surface area contributed by atoms with Crippen LogP contribution in [0.2, 0.25) is 0 Å². The van der Waals surface area contributed by atoms with Crippen molar-refractivity contribution in [2.24, 2.45) is 0 Å². The SMILES string of the molecule is CCCC[N+](CCCC)(CCCC)CCCC.CCOC(=O)C1C(OC)C(=O)N1S(=O)(=O)[O-]. The molecule has 2 unspecified atom stereocenters. The van der Waals surface area contributed by atoms with Gasteiger partial charge in [-0.2, -0.15) is 0 Å². The summed E-state index contributed by atoms with van der Waals surface area (Å²) in [5.74, 6) is -2.04. The summed E-state index contributed by atoms with van der Waals surface area (Å²) in [5.41, 5.74) is 0. The minimum absolute atomic E-state index is 0.00665. The van der Waals surface area contributed by atoms with Crippen LogP contribution in [-0.2, 0) is 29.4 Å². The number of nitrogens with zero attached hydrogens (tertiary/aromatic N) is 2. The maximum atomic E-state index is 11.3. The van der Waals surface area contributed by atoms with Gasteiger partial charge in [-0.1, -0.05) is 53.4 Å². The summed E-state index contributed by atoms with van der Waals surface area (Å²) < 4.78 is 42.6. The van der Waals surface area contributed by atoms with Crippen LogP contribution in [0, 0.1) is 0 Å². The normalized spacial score (nSPS) is 18.4. The van der Waals surface area contributed by atoms with Crippen molar-refractivity contribution in [3.8, 4) is 0 Å². The molecule has 1 rings (SSSR count). The van der Waals surface area contributed by atoms with Crippen molar-refractivity contribution in [1.29, 1.82) is 0 Å². The predicted octanol–water partition coefficient (Wildman–Crippen LogP) is 3.24. The summed E-state index contributed by atoms with van der Waals surface area (Å²) in [4.78, 5) is 22.5. The average molecular weight is 495 g/mol. The molecule has 0 aromatic rings. The molecule has 33 heavy (non-hydrogen) atoms. The van der Waals surface area contributed by atoms with Gasteiger partial charge >= 0.3 is 5.97 Å². The van der Waals surface area contributed by atoms with Gasteiger partial charge in [-0.15, -0.1) is 0 Å². The van der Waals surface area contributed by atoms with Crippen molar-refractivity contribution in [1.82, 2.24) is 4.31 Å². The molecule has 0 aromatic heterocycles. The van der Waals surface area contributed by atoms with Crippen molar-refractivity contribution in [3.63, 3.8) is 0 Å². The highest BCUT2D eigenvalue weighted by Crippen LogP contribution is 2.26. The summed E-state index contributed by atoms with van der Waals surface area (Å²) in [6, 6.07) is -1.51. The highest BCUT2D eigenvalue weighted by molar-refractivity contribution is 7.84. The van der Waals surface area contributed by atoms with E-state index in [4.69, 9.17) is 0 Å². The van der Waals surface area contributed by atoms with E-state index in [1.165, 1.54) is 89.0 Å². The molecular formula is C23H46N2O7S. The predicted molar refractivity (Wildman–Crippen MR) is 127 cm³/mol. The van der Waals surface area contributed by atoms with Crippen LogP contribution < -0.4 is 0 Å². The molecule has 196 valence electrons. The molecule has 0 aliphatic carbocycles. The Kier molecular flexibility index (Phi) is 15.8. The number of rotatable bonds is 16. The second kappa shape index (κ2) is 16.4. The van der Waals surface area contributed by atoms with E-state index in [1.54, 1.807) is 0 Å². The van der Waals surface area contributed by atoms with Crippen LogP contribution >= 0.6 is 0 Å².